The Labute approximate surface area is 117 Å². The largest absolute Gasteiger partial charge is 0.460 e. The summed E-state index contributed by atoms with van der Waals surface area (Å²) < 4.78 is 11.1. The van der Waals surface area contributed by atoms with Crippen molar-refractivity contribution in [2.24, 2.45) is 22.7 Å². The van der Waals surface area contributed by atoms with Crippen molar-refractivity contribution in [3.8, 4) is 0 Å². The topological polar surface area (TPSA) is 35.5 Å². The van der Waals surface area contributed by atoms with E-state index in [1.165, 1.54) is 26.2 Å². The van der Waals surface area contributed by atoms with Crippen LogP contribution in [0.4, 0.5) is 0 Å². The summed E-state index contributed by atoms with van der Waals surface area (Å²) in [6.45, 7) is 11.9. The molecule has 0 amide bonds. The van der Waals surface area contributed by atoms with E-state index in [4.69, 9.17) is 9.47 Å². The van der Waals surface area contributed by atoms with Gasteiger partial charge in [-0.25, -0.2) is 0 Å². The smallest absolute Gasteiger partial charge is 0.302 e. The number of carbonyl (C=O) groups is 1. The second-order valence-electron chi connectivity index (χ2n) is 7.02. The van der Waals surface area contributed by atoms with Crippen molar-refractivity contribution in [3.63, 3.8) is 0 Å². The van der Waals surface area contributed by atoms with E-state index in [0.29, 0.717) is 24.5 Å². The Hall–Kier alpha value is -0.570. The monoisotopic (exact) mass is 268 g/mol. The minimum atomic E-state index is -0.186. The maximum Gasteiger partial charge on any atom is 0.302 e. The minimum absolute atomic E-state index is 0.0768. The van der Waals surface area contributed by atoms with Crippen LogP contribution in [0.2, 0.25) is 0 Å². The molecule has 2 bridgehead atoms. The number of carbonyl (C=O) groups excluding carboxylic acids is 1. The van der Waals surface area contributed by atoms with Crippen LogP contribution in [0, 0.1) is 22.7 Å². The Balaban J connectivity index is 2.16. The molecule has 3 heteroatoms. The van der Waals surface area contributed by atoms with Gasteiger partial charge in [0.1, 0.15) is 6.10 Å². The Morgan fingerprint density at radius 1 is 1.37 bits per heavy atom. The third-order valence-electron chi connectivity index (χ3n) is 6.11. The summed E-state index contributed by atoms with van der Waals surface area (Å²) in [7, 11) is 0. The maximum absolute atomic E-state index is 11.4. The number of esters is 1. The van der Waals surface area contributed by atoms with Gasteiger partial charge in [-0.15, -0.1) is 0 Å². The highest BCUT2D eigenvalue weighted by atomic mass is 16.6. The molecule has 0 radical (unpaired) electrons. The summed E-state index contributed by atoms with van der Waals surface area (Å²) in [5, 5.41) is 0. The Bertz CT molecular complexity index is 350. The predicted molar refractivity (Wildman–Crippen MR) is 74.8 cm³/mol. The highest BCUT2D eigenvalue weighted by Crippen LogP contribution is 2.69. The van der Waals surface area contributed by atoms with E-state index in [1.807, 2.05) is 6.92 Å². The Morgan fingerprint density at radius 3 is 2.47 bits per heavy atom. The van der Waals surface area contributed by atoms with Crippen LogP contribution in [0.3, 0.4) is 0 Å². The molecule has 110 valence electrons. The van der Waals surface area contributed by atoms with Gasteiger partial charge in [0.15, 0.2) is 0 Å². The van der Waals surface area contributed by atoms with Gasteiger partial charge in [-0.2, -0.15) is 0 Å². The Kier molecular flexibility index (Phi) is 3.97. The summed E-state index contributed by atoms with van der Waals surface area (Å²) in [6, 6.07) is 0. The van der Waals surface area contributed by atoms with Crippen LogP contribution >= 0.6 is 0 Å². The fraction of sp³-hybridized carbons (Fsp3) is 0.938. The van der Waals surface area contributed by atoms with Crippen molar-refractivity contribution in [3.05, 3.63) is 0 Å². The lowest BCUT2D eigenvalue weighted by molar-refractivity contribution is -0.157. The van der Waals surface area contributed by atoms with Gasteiger partial charge in [0.05, 0.1) is 6.61 Å². The van der Waals surface area contributed by atoms with Gasteiger partial charge in [-0.3, -0.25) is 4.79 Å². The van der Waals surface area contributed by atoms with Crippen LogP contribution in [-0.2, 0) is 14.3 Å². The number of hydrogen-bond acceptors (Lipinski definition) is 3. The molecule has 3 nitrogen and oxygen atoms in total. The second-order valence-corrected chi connectivity index (χ2v) is 7.02. The first-order chi connectivity index (χ1) is 8.83. The van der Waals surface area contributed by atoms with E-state index in [1.54, 1.807) is 0 Å². The third-order valence-corrected chi connectivity index (χ3v) is 6.11. The number of hydrogen-bond donors (Lipinski definition) is 0. The van der Waals surface area contributed by atoms with Crippen LogP contribution in [0.5, 0.6) is 0 Å². The lowest BCUT2D eigenvalue weighted by atomic mass is 9.65. The van der Waals surface area contributed by atoms with Gasteiger partial charge < -0.3 is 9.47 Å². The molecule has 0 aliphatic heterocycles. The average Bonchev–Trinajstić information content (AvgIpc) is 2.66. The van der Waals surface area contributed by atoms with Crippen LogP contribution in [-0.4, -0.2) is 25.3 Å². The zero-order valence-electron chi connectivity index (χ0n) is 13.0. The van der Waals surface area contributed by atoms with Gasteiger partial charge in [-0.1, -0.05) is 20.8 Å². The molecule has 2 saturated carbocycles. The molecular weight excluding hydrogens is 240 g/mol. The summed E-state index contributed by atoms with van der Waals surface area (Å²) in [5.41, 5.74) is 0.622. The van der Waals surface area contributed by atoms with Gasteiger partial charge in [-0.05, 0) is 42.9 Å². The van der Waals surface area contributed by atoms with Gasteiger partial charge in [0.2, 0.25) is 0 Å². The molecule has 0 heterocycles. The maximum atomic E-state index is 11.4. The van der Waals surface area contributed by atoms with Crippen molar-refractivity contribution < 1.29 is 14.3 Å². The first-order valence-corrected chi connectivity index (χ1v) is 7.58. The molecule has 0 spiro atoms. The molecule has 4 atom stereocenters. The van der Waals surface area contributed by atoms with E-state index in [2.05, 4.69) is 20.8 Å². The number of fused-ring (bicyclic) bond motifs is 2. The van der Waals surface area contributed by atoms with Crippen LogP contribution < -0.4 is 0 Å². The molecule has 0 N–H and O–H groups in total. The standard InChI is InChI=1S/C16H28O3/c1-6-18-10-14(19-11(2)17)13-9-12-7-8-16(13,5)15(12,3)4/h12-14H,6-10H2,1-5H3. The van der Waals surface area contributed by atoms with Crippen LogP contribution in [0.25, 0.3) is 0 Å². The highest BCUT2D eigenvalue weighted by molar-refractivity contribution is 5.66. The number of ether oxygens (including phenoxy) is 2. The molecule has 2 rings (SSSR count). The molecule has 0 saturated heterocycles. The molecule has 0 aromatic carbocycles. The summed E-state index contributed by atoms with van der Waals surface area (Å²) in [6.07, 6.45) is 3.67. The van der Waals surface area contributed by atoms with Gasteiger partial charge >= 0.3 is 5.97 Å². The minimum Gasteiger partial charge on any atom is -0.460 e. The van der Waals surface area contributed by atoms with Crippen molar-refractivity contribution in [1.29, 1.82) is 0 Å². The molecule has 4 unspecified atom stereocenters. The first-order valence-electron chi connectivity index (χ1n) is 7.58. The van der Waals surface area contributed by atoms with E-state index in [9.17, 15) is 4.79 Å². The molecule has 0 aromatic rings. The second kappa shape index (κ2) is 5.08. The predicted octanol–water partition coefficient (Wildman–Crippen LogP) is 3.42. The molecule has 2 aliphatic carbocycles. The molecule has 0 aromatic heterocycles. The van der Waals surface area contributed by atoms with Gasteiger partial charge in [0.25, 0.3) is 0 Å². The average molecular weight is 268 g/mol. The lowest BCUT2D eigenvalue weighted by Gasteiger charge is -2.42. The summed E-state index contributed by atoms with van der Waals surface area (Å²) in [4.78, 5) is 11.4. The molecular formula is C16H28O3. The van der Waals surface area contributed by atoms with Crippen LogP contribution in [0.15, 0.2) is 0 Å². The molecule has 19 heavy (non-hydrogen) atoms. The van der Waals surface area contributed by atoms with Crippen molar-refractivity contribution in [2.75, 3.05) is 13.2 Å². The van der Waals surface area contributed by atoms with E-state index >= 15 is 0 Å². The van der Waals surface area contributed by atoms with Crippen molar-refractivity contribution >= 4 is 5.97 Å². The summed E-state index contributed by atoms with van der Waals surface area (Å²) in [5.74, 6) is 1.02. The van der Waals surface area contributed by atoms with E-state index in [0.717, 1.165) is 5.92 Å². The van der Waals surface area contributed by atoms with E-state index in [-0.39, 0.29) is 17.5 Å². The lowest BCUT2D eigenvalue weighted by Crippen LogP contribution is -2.42. The quantitative estimate of drug-likeness (QED) is 0.717. The normalized spacial score (nSPS) is 37.3. The first kappa shape index (κ1) is 14.8. The zero-order valence-corrected chi connectivity index (χ0v) is 13.0. The highest BCUT2D eigenvalue weighted by Gasteiger charge is 2.63. The van der Waals surface area contributed by atoms with Crippen molar-refractivity contribution in [1.82, 2.24) is 0 Å². The number of rotatable bonds is 5. The Morgan fingerprint density at radius 2 is 2.05 bits per heavy atom. The molecule has 2 fully saturated rings. The SMILES string of the molecule is CCOCC(OC(C)=O)C1CC2CCC1(C)C2(C)C. The van der Waals surface area contributed by atoms with Crippen molar-refractivity contribution in [2.45, 2.75) is 60.0 Å². The fourth-order valence-corrected chi connectivity index (χ4v) is 4.51. The molecule has 2 aliphatic rings. The zero-order chi connectivity index (χ0) is 14.3. The van der Waals surface area contributed by atoms with E-state index < -0.39 is 0 Å². The van der Waals surface area contributed by atoms with Gasteiger partial charge in [0, 0.05) is 19.4 Å². The summed E-state index contributed by atoms with van der Waals surface area (Å²) >= 11 is 0. The van der Waals surface area contributed by atoms with Crippen LogP contribution in [0.1, 0.15) is 53.9 Å². The third kappa shape index (κ3) is 2.31. The fourth-order valence-electron chi connectivity index (χ4n) is 4.51.